The molecule has 0 saturated carbocycles. The Kier molecular flexibility index (Phi) is 3.94. The molecular weight excluding hydrogens is 214 g/mol. The number of nitrogens with one attached hydrogen (secondary N) is 1. The van der Waals surface area contributed by atoms with Crippen LogP contribution >= 0.6 is 12.4 Å². The average molecular weight is 228 g/mol. The number of nitrogens with zero attached hydrogens (tertiary/aromatic N) is 2. The van der Waals surface area contributed by atoms with E-state index in [-0.39, 0.29) is 12.4 Å². The van der Waals surface area contributed by atoms with Crippen LogP contribution < -0.4 is 5.43 Å². The van der Waals surface area contributed by atoms with Crippen molar-refractivity contribution in [3.05, 3.63) is 30.3 Å². The highest BCUT2D eigenvalue weighted by Gasteiger charge is 2.19. The van der Waals surface area contributed by atoms with Crippen molar-refractivity contribution in [1.29, 1.82) is 0 Å². The first kappa shape index (κ1) is 11.8. The predicted molar refractivity (Wildman–Crippen MR) is 63.1 cm³/mol. The van der Waals surface area contributed by atoms with Crippen LogP contribution in [0.1, 0.15) is 6.92 Å². The summed E-state index contributed by atoms with van der Waals surface area (Å²) < 4.78 is 0. The van der Waals surface area contributed by atoms with E-state index >= 15 is 0 Å². The number of rotatable bonds is 2. The maximum atomic E-state index is 9.28. The van der Waals surface area contributed by atoms with Gasteiger partial charge in [0.2, 0.25) is 0 Å². The van der Waals surface area contributed by atoms with Gasteiger partial charge in [-0.2, -0.15) is 0 Å². The molecule has 1 unspecified atom stereocenters. The fourth-order valence-corrected chi connectivity index (χ4v) is 1.42. The van der Waals surface area contributed by atoms with Crippen LogP contribution in [0.4, 0.5) is 5.69 Å². The Bertz CT molecular complexity index is 342. The molecule has 82 valence electrons. The third-order valence-electron chi connectivity index (χ3n) is 2.11. The normalized spacial score (nSPS) is 19.5. The molecule has 4 nitrogen and oxygen atoms in total. The summed E-state index contributed by atoms with van der Waals surface area (Å²) in [6.45, 7) is 2.37. The lowest BCUT2D eigenvalue weighted by Crippen LogP contribution is -2.33. The number of hydrazine groups is 1. The number of aliphatic hydroxyl groups is 1. The van der Waals surface area contributed by atoms with E-state index < -0.39 is 6.23 Å². The van der Waals surface area contributed by atoms with Crippen LogP contribution in [0.3, 0.4) is 0 Å². The second-order valence-electron chi connectivity index (χ2n) is 3.25. The van der Waals surface area contributed by atoms with E-state index in [1.165, 1.54) is 0 Å². The van der Waals surface area contributed by atoms with Crippen molar-refractivity contribution < 1.29 is 5.11 Å². The van der Waals surface area contributed by atoms with Crippen LogP contribution in [0.15, 0.2) is 35.3 Å². The minimum atomic E-state index is -0.605. The number of amidine groups is 1. The quantitative estimate of drug-likeness (QED) is 0.805. The first-order chi connectivity index (χ1) is 6.75. The highest BCUT2D eigenvalue weighted by molar-refractivity contribution is 5.85. The molecule has 2 N–H and O–H groups in total. The molecule has 0 fully saturated rings. The van der Waals surface area contributed by atoms with Gasteiger partial charge in [-0.25, -0.2) is 4.99 Å². The van der Waals surface area contributed by atoms with Crippen molar-refractivity contribution in [2.45, 2.75) is 13.2 Å². The van der Waals surface area contributed by atoms with Crippen LogP contribution in [0, 0.1) is 0 Å². The summed E-state index contributed by atoms with van der Waals surface area (Å²) in [5, 5.41) is 11.1. The van der Waals surface area contributed by atoms with Gasteiger partial charge in [0.15, 0.2) is 6.23 Å². The molecule has 0 amide bonds. The maximum Gasteiger partial charge on any atom is 0.166 e. The summed E-state index contributed by atoms with van der Waals surface area (Å²) >= 11 is 0. The molecule has 15 heavy (non-hydrogen) atoms. The zero-order chi connectivity index (χ0) is 9.97. The fraction of sp³-hybridized carbons (Fsp3) is 0.300. The Hall–Kier alpha value is -1.26. The van der Waals surface area contributed by atoms with Crippen molar-refractivity contribution in [1.82, 2.24) is 5.01 Å². The summed E-state index contributed by atoms with van der Waals surface area (Å²) in [5.41, 5.74) is 4.16. The van der Waals surface area contributed by atoms with Gasteiger partial charge >= 0.3 is 0 Å². The van der Waals surface area contributed by atoms with Crippen molar-refractivity contribution >= 4 is 23.9 Å². The summed E-state index contributed by atoms with van der Waals surface area (Å²) in [7, 11) is 0. The zero-order valence-electron chi connectivity index (χ0n) is 8.42. The van der Waals surface area contributed by atoms with Crippen LogP contribution in [-0.2, 0) is 0 Å². The Morgan fingerprint density at radius 3 is 2.60 bits per heavy atom. The Balaban J connectivity index is 0.00000112. The predicted octanol–water partition coefficient (Wildman–Crippen LogP) is 1.49. The van der Waals surface area contributed by atoms with Crippen molar-refractivity contribution in [2.24, 2.45) is 4.99 Å². The van der Waals surface area contributed by atoms with Crippen molar-refractivity contribution in [3.63, 3.8) is 0 Å². The zero-order valence-corrected chi connectivity index (χ0v) is 9.24. The molecule has 5 heteroatoms. The number of anilines is 1. The molecule has 1 aliphatic rings. The second-order valence-corrected chi connectivity index (χ2v) is 3.25. The maximum absolute atomic E-state index is 9.28. The lowest BCUT2D eigenvalue weighted by atomic mass is 10.3. The van der Waals surface area contributed by atoms with Gasteiger partial charge in [-0.05, 0) is 19.1 Å². The smallest absolute Gasteiger partial charge is 0.166 e. The molecule has 1 aromatic rings. The lowest BCUT2D eigenvalue weighted by molar-refractivity contribution is 0.177. The van der Waals surface area contributed by atoms with Gasteiger partial charge in [0.05, 0.1) is 12.2 Å². The van der Waals surface area contributed by atoms with Crippen LogP contribution in [0.2, 0.25) is 0 Å². The van der Waals surface area contributed by atoms with E-state index in [2.05, 4.69) is 10.4 Å². The third kappa shape index (κ3) is 2.84. The molecular formula is C10H14ClN3O. The molecule has 1 heterocycles. The Morgan fingerprint density at radius 1 is 1.40 bits per heavy atom. The Morgan fingerprint density at radius 2 is 2.07 bits per heavy atom. The van der Waals surface area contributed by atoms with Crippen LogP contribution in [-0.4, -0.2) is 28.7 Å². The van der Waals surface area contributed by atoms with Gasteiger partial charge in [0.25, 0.3) is 0 Å². The number of benzene rings is 1. The van der Waals surface area contributed by atoms with Gasteiger partial charge in [0, 0.05) is 0 Å². The molecule has 1 atom stereocenters. The second kappa shape index (κ2) is 5.00. The number of hydrogen-bond donors (Lipinski definition) is 2. The molecule has 1 aromatic carbocycles. The number of aliphatic imine (C=N–C) groups is 1. The van der Waals surface area contributed by atoms with Crippen LogP contribution in [0.5, 0.6) is 0 Å². The molecule has 1 aliphatic heterocycles. The lowest BCUT2D eigenvalue weighted by Gasteiger charge is -2.20. The van der Waals surface area contributed by atoms with E-state index in [1.807, 2.05) is 42.3 Å². The van der Waals surface area contributed by atoms with E-state index in [1.54, 1.807) is 0 Å². The number of para-hydroxylation sites is 1. The SMILES string of the molecule is CC1=NC(O)CN1Nc1ccccc1.Cl. The Labute approximate surface area is 95.0 Å². The molecule has 0 aromatic heterocycles. The monoisotopic (exact) mass is 227 g/mol. The summed E-state index contributed by atoms with van der Waals surface area (Å²) in [6, 6.07) is 9.82. The third-order valence-corrected chi connectivity index (χ3v) is 2.11. The van der Waals surface area contributed by atoms with Crippen molar-refractivity contribution in [2.75, 3.05) is 12.0 Å². The minimum absolute atomic E-state index is 0. The number of aliphatic hydroxyl groups excluding tert-OH is 1. The molecule has 2 rings (SSSR count). The molecule has 0 aliphatic carbocycles. The largest absolute Gasteiger partial charge is 0.370 e. The van der Waals surface area contributed by atoms with E-state index in [4.69, 9.17) is 0 Å². The number of hydrogen-bond acceptors (Lipinski definition) is 4. The van der Waals surface area contributed by atoms with Gasteiger partial charge in [-0.15, -0.1) is 12.4 Å². The molecule has 0 saturated heterocycles. The van der Waals surface area contributed by atoms with Crippen molar-refractivity contribution in [3.8, 4) is 0 Å². The highest BCUT2D eigenvalue weighted by Crippen LogP contribution is 2.11. The van der Waals surface area contributed by atoms with E-state index in [9.17, 15) is 5.11 Å². The molecule has 0 bridgehead atoms. The standard InChI is InChI=1S/C10H13N3O.ClH/c1-8-11-10(14)7-13(8)12-9-5-3-2-4-6-9;/h2-6,10,12,14H,7H2,1H3;1H. The molecule has 0 spiro atoms. The summed E-state index contributed by atoms with van der Waals surface area (Å²) in [4.78, 5) is 4.00. The van der Waals surface area contributed by atoms with E-state index in [0.717, 1.165) is 11.5 Å². The van der Waals surface area contributed by atoms with Gasteiger partial charge in [-0.3, -0.25) is 10.4 Å². The number of halogens is 1. The topological polar surface area (TPSA) is 47.9 Å². The highest BCUT2D eigenvalue weighted by atomic mass is 35.5. The van der Waals surface area contributed by atoms with E-state index in [0.29, 0.717) is 6.54 Å². The fourth-order valence-electron chi connectivity index (χ4n) is 1.42. The molecule has 0 radical (unpaired) electrons. The van der Waals surface area contributed by atoms with Gasteiger partial charge in [0.1, 0.15) is 5.84 Å². The average Bonchev–Trinajstić information content (AvgIpc) is 2.47. The minimum Gasteiger partial charge on any atom is -0.370 e. The van der Waals surface area contributed by atoms with Gasteiger partial charge < -0.3 is 5.11 Å². The number of β-amino-alcohol motifs (C(OH)–C–C–N with tert-alkyl or cyclic N) is 1. The van der Waals surface area contributed by atoms with Gasteiger partial charge in [-0.1, -0.05) is 18.2 Å². The summed E-state index contributed by atoms with van der Waals surface area (Å²) in [5.74, 6) is 0.807. The first-order valence-electron chi connectivity index (χ1n) is 4.57. The van der Waals surface area contributed by atoms with Crippen LogP contribution in [0.25, 0.3) is 0 Å². The summed E-state index contributed by atoms with van der Waals surface area (Å²) in [6.07, 6.45) is -0.605. The first-order valence-corrected chi connectivity index (χ1v) is 4.57.